The number of nitrogens with zero attached hydrogens (tertiary/aromatic N) is 3. The maximum atomic E-state index is 12.8. The van der Waals surface area contributed by atoms with Gasteiger partial charge in [-0.1, -0.05) is 61.0 Å². The van der Waals surface area contributed by atoms with Gasteiger partial charge >= 0.3 is 0 Å². The zero-order valence-corrected chi connectivity index (χ0v) is 20.9. The van der Waals surface area contributed by atoms with E-state index in [1.807, 2.05) is 57.5 Å². The van der Waals surface area contributed by atoms with Crippen molar-refractivity contribution in [2.24, 2.45) is 13.0 Å². The van der Waals surface area contributed by atoms with Gasteiger partial charge in [0.05, 0.1) is 11.8 Å². The largest absolute Gasteiger partial charge is 0.342 e. The Morgan fingerprint density at radius 2 is 1.79 bits per heavy atom. The number of aromatic nitrogens is 3. The zero-order chi connectivity index (χ0) is 24.1. The summed E-state index contributed by atoms with van der Waals surface area (Å²) in [6.45, 7) is 7.92. The van der Waals surface area contributed by atoms with Gasteiger partial charge in [0.15, 0.2) is 11.0 Å². The summed E-state index contributed by atoms with van der Waals surface area (Å²) in [6, 6.07) is 12.5. The van der Waals surface area contributed by atoms with Crippen LogP contribution in [0, 0.1) is 19.8 Å². The summed E-state index contributed by atoms with van der Waals surface area (Å²) >= 11 is 7.31. The van der Waals surface area contributed by atoms with E-state index in [1.165, 1.54) is 11.8 Å². The molecule has 0 radical (unpaired) electrons. The number of anilines is 1. The number of rotatable bonds is 8. The molecule has 1 unspecified atom stereocenters. The van der Waals surface area contributed by atoms with Crippen LogP contribution in [-0.2, 0) is 11.8 Å². The Balaban J connectivity index is 1.67. The Morgan fingerprint density at radius 3 is 2.45 bits per heavy atom. The van der Waals surface area contributed by atoms with Crippen LogP contribution in [0.2, 0.25) is 5.02 Å². The van der Waals surface area contributed by atoms with Crippen molar-refractivity contribution in [2.45, 2.75) is 38.9 Å². The van der Waals surface area contributed by atoms with Crippen LogP contribution in [0.4, 0.5) is 5.69 Å². The first-order valence-corrected chi connectivity index (χ1v) is 12.0. The molecule has 2 N–H and O–H groups in total. The minimum atomic E-state index is -0.325. The maximum Gasteiger partial charge on any atom is 0.251 e. The van der Waals surface area contributed by atoms with Crippen LogP contribution < -0.4 is 10.6 Å². The molecule has 2 aromatic carbocycles. The van der Waals surface area contributed by atoms with E-state index in [0.717, 1.165) is 11.1 Å². The number of hydrogen-bond donors (Lipinski definition) is 2. The van der Waals surface area contributed by atoms with Crippen LogP contribution in [0.25, 0.3) is 0 Å². The average molecular weight is 486 g/mol. The van der Waals surface area contributed by atoms with Gasteiger partial charge in [-0.25, -0.2) is 0 Å². The molecule has 1 aromatic heterocycles. The molecule has 0 saturated heterocycles. The lowest BCUT2D eigenvalue weighted by Gasteiger charge is -2.21. The Bertz CT molecular complexity index is 1140. The molecule has 0 aliphatic rings. The lowest BCUT2D eigenvalue weighted by atomic mass is 10.0. The molecule has 0 aliphatic carbocycles. The van der Waals surface area contributed by atoms with Crippen molar-refractivity contribution in [1.29, 1.82) is 0 Å². The quantitative estimate of drug-likeness (QED) is 0.441. The first-order valence-electron chi connectivity index (χ1n) is 10.6. The molecule has 33 heavy (non-hydrogen) atoms. The van der Waals surface area contributed by atoms with Crippen molar-refractivity contribution in [2.75, 3.05) is 11.1 Å². The van der Waals surface area contributed by atoms with E-state index in [-0.39, 0.29) is 29.5 Å². The van der Waals surface area contributed by atoms with E-state index in [9.17, 15) is 9.59 Å². The summed E-state index contributed by atoms with van der Waals surface area (Å²) in [7, 11) is 1.84. The smallest absolute Gasteiger partial charge is 0.251 e. The van der Waals surface area contributed by atoms with Crippen molar-refractivity contribution in [3.8, 4) is 0 Å². The van der Waals surface area contributed by atoms with E-state index in [0.29, 0.717) is 27.3 Å². The van der Waals surface area contributed by atoms with Gasteiger partial charge in [0, 0.05) is 23.3 Å². The van der Waals surface area contributed by atoms with Crippen molar-refractivity contribution in [3.05, 3.63) is 70.0 Å². The van der Waals surface area contributed by atoms with E-state index in [2.05, 4.69) is 20.8 Å². The number of nitrogens with one attached hydrogen (secondary N) is 2. The Hall–Kier alpha value is -2.84. The lowest BCUT2D eigenvalue weighted by molar-refractivity contribution is -0.113. The molecule has 9 heteroatoms. The number of amides is 2. The van der Waals surface area contributed by atoms with Gasteiger partial charge in [-0.15, -0.1) is 10.2 Å². The second-order valence-corrected chi connectivity index (χ2v) is 9.64. The van der Waals surface area contributed by atoms with Gasteiger partial charge in [0.25, 0.3) is 5.91 Å². The van der Waals surface area contributed by atoms with Gasteiger partial charge < -0.3 is 15.2 Å². The number of aryl methyl sites for hydroxylation is 2. The molecule has 3 aromatic rings. The molecule has 0 spiro atoms. The predicted molar refractivity (Wildman–Crippen MR) is 133 cm³/mol. The second kappa shape index (κ2) is 10.9. The van der Waals surface area contributed by atoms with Crippen LogP contribution >= 0.6 is 23.4 Å². The van der Waals surface area contributed by atoms with Gasteiger partial charge in [0.1, 0.15) is 0 Å². The third-order valence-electron chi connectivity index (χ3n) is 5.22. The maximum absolute atomic E-state index is 12.8. The van der Waals surface area contributed by atoms with Crippen molar-refractivity contribution in [3.63, 3.8) is 0 Å². The van der Waals surface area contributed by atoms with E-state index >= 15 is 0 Å². The van der Waals surface area contributed by atoms with Crippen LogP contribution in [0.15, 0.2) is 47.6 Å². The number of thioether (sulfide) groups is 1. The van der Waals surface area contributed by atoms with Gasteiger partial charge in [0.2, 0.25) is 5.91 Å². The fourth-order valence-corrected chi connectivity index (χ4v) is 4.12. The fourth-order valence-electron chi connectivity index (χ4n) is 3.23. The SMILES string of the molecule is Cc1ccc(C(=O)NC(c2nnc(SCC(=O)Nc3cc(Cl)ccc3C)n2C)C(C)C)cc1. The molecule has 2 amide bonds. The first kappa shape index (κ1) is 24.8. The van der Waals surface area contributed by atoms with Crippen molar-refractivity contribution >= 4 is 40.9 Å². The molecule has 7 nitrogen and oxygen atoms in total. The third-order valence-corrected chi connectivity index (χ3v) is 6.48. The third kappa shape index (κ3) is 6.36. The topological polar surface area (TPSA) is 88.9 Å². The highest BCUT2D eigenvalue weighted by molar-refractivity contribution is 7.99. The Morgan fingerprint density at radius 1 is 1.09 bits per heavy atom. The molecular weight excluding hydrogens is 458 g/mol. The number of benzene rings is 2. The van der Waals surface area contributed by atoms with Gasteiger partial charge in [-0.05, 0) is 49.6 Å². The van der Waals surface area contributed by atoms with Gasteiger partial charge in [-0.2, -0.15) is 0 Å². The molecule has 174 valence electrons. The standard InChI is InChI=1S/C24H28ClN5O2S/c1-14(2)21(27-23(32)17-9-6-15(3)7-10-17)22-28-29-24(30(22)5)33-13-20(31)26-19-12-18(25)11-8-16(19)4/h6-12,14,21H,13H2,1-5H3,(H,26,31)(H,27,32). The predicted octanol–water partition coefficient (Wildman–Crippen LogP) is 4.94. The summed E-state index contributed by atoms with van der Waals surface area (Å²) in [5.74, 6) is 0.568. The highest BCUT2D eigenvalue weighted by atomic mass is 35.5. The van der Waals surface area contributed by atoms with Crippen LogP contribution in [-0.4, -0.2) is 32.3 Å². The lowest BCUT2D eigenvalue weighted by Crippen LogP contribution is -2.33. The average Bonchev–Trinajstić information content (AvgIpc) is 3.13. The highest BCUT2D eigenvalue weighted by Gasteiger charge is 2.25. The minimum absolute atomic E-state index is 0.0919. The Labute approximate surface area is 203 Å². The highest BCUT2D eigenvalue weighted by Crippen LogP contribution is 2.25. The number of hydrogen-bond acceptors (Lipinski definition) is 5. The molecular formula is C24H28ClN5O2S. The number of carbonyl (C=O) groups is 2. The molecule has 0 fully saturated rings. The summed E-state index contributed by atoms with van der Waals surface area (Å²) < 4.78 is 1.82. The fraction of sp³-hybridized carbons (Fsp3) is 0.333. The number of carbonyl (C=O) groups excluding carboxylic acids is 2. The molecule has 0 saturated carbocycles. The van der Waals surface area contributed by atoms with Crippen LogP contribution in [0.5, 0.6) is 0 Å². The van der Waals surface area contributed by atoms with E-state index in [4.69, 9.17) is 11.6 Å². The number of halogens is 1. The van der Waals surface area contributed by atoms with E-state index in [1.54, 1.807) is 24.3 Å². The van der Waals surface area contributed by atoms with Crippen molar-refractivity contribution in [1.82, 2.24) is 20.1 Å². The first-order chi connectivity index (χ1) is 15.7. The molecule has 1 heterocycles. The zero-order valence-electron chi connectivity index (χ0n) is 19.3. The van der Waals surface area contributed by atoms with Crippen LogP contribution in [0.1, 0.15) is 47.2 Å². The van der Waals surface area contributed by atoms with E-state index < -0.39 is 0 Å². The van der Waals surface area contributed by atoms with Gasteiger partial charge in [-0.3, -0.25) is 9.59 Å². The van der Waals surface area contributed by atoms with Crippen molar-refractivity contribution < 1.29 is 9.59 Å². The molecule has 0 aliphatic heterocycles. The van der Waals surface area contributed by atoms with Crippen LogP contribution in [0.3, 0.4) is 0 Å². The monoisotopic (exact) mass is 485 g/mol. The summed E-state index contributed by atoms with van der Waals surface area (Å²) in [5, 5.41) is 15.7. The summed E-state index contributed by atoms with van der Waals surface area (Å²) in [6.07, 6.45) is 0. The second-order valence-electron chi connectivity index (χ2n) is 8.26. The molecule has 3 rings (SSSR count). The molecule has 0 bridgehead atoms. The summed E-state index contributed by atoms with van der Waals surface area (Å²) in [4.78, 5) is 25.2. The normalized spacial score (nSPS) is 12.0. The molecule has 1 atom stereocenters. The minimum Gasteiger partial charge on any atom is -0.342 e. The Kier molecular flexibility index (Phi) is 8.15. The summed E-state index contributed by atoms with van der Waals surface area (Å²) in [5.41, 5.74) is 3.31.